The fourth-order valence-electron chi connectivity index (χ4n) is 3.91. The van der Waals surface area contributed by atoms with Gasteiger partial charge in [-0.2, -0.15) is 16.3 Å². The average Bonchev–Trinajstić information content (AvgIpc) is 3.25. The number of thiophene rings is 1. The number of rotatable bonds is 6. The summed E-state index contributed by atoms with van der Waals surface area (Å²) in [6.07, 6.45) is 4.24. The molecule has 0 aliphatic heterocycles. The van der Waals surface area contributed by atoms with E-state index in [1.807, 2.05) is 54.0 Å². The predicted octanol–water partition coefficient (Wildman–Crippen LogP) is 4.55. The van der Waals surface area contributed by atoms with Crippen LogP contribution >= 0.6 is 11.3 Å². The summed E-state index contributed by atoms with van der Waals surface area (Å²) in [5.74, 6) is 2.12. The lowest BCUT2D eigenvalue weighted by Crippen LogP contribution is -2.36. The van der Waals surface area contributed by atoms with Crippen LogP contribution in [0.4, 0.5) is 22.2 Å². The number of amides is 2. The molecule has 0 saturated heterocycles. The minimum atomic E-state index is -0.130. The quantitative estimate of drug-likeness (QED) is 0.541. The Bertz CT molecular complexity index is 982. The van der Waals surface area contributed by atoms with Crippen molar-refractivity contribution in [1.29, 1.82) is 0 Å². The molecule has 2 amide bonds. The van der Waals surface area contributed by atoms with Gasteiger partial charge in [-0.05, 0) is 55.2 Å². The minimum absolute atomic E-state index is 0.130. The van der Waals surface area contributed by atoms with Gasteiger partial charge in [-0.3, -0.25) is 0 Å². The van der Waals surface area contributed by atoms with Crippen LogP contribution in [-0.4, -0.2) is 42.7 Å². The number of anilines is 3. The molecule has 1 aliphatic rings. The molecular formula is C22H28N6OS. The maximum absolute atomic E-state index is 12.0. The molecule has 1 fully saturated rings. The van der Waals surface area contributed by atoms with Crippen LogP contribution in [0.5, 0.6) is 0 Å². The molecule has 1 saturated carbocycles. The maximum Gasteiger partial charge on any atom is 0.319 e. The number of nitrogens with zero attached hydrogens (tertiary/aromatic N) is 3. The Morgan fingerprint density at radius 1 is 1.13 bits per heavy atom. The van der Waals surface area contributed by atoms with Crippen molar-refractivity contribution in [2.45, 2.75) is 31.7 Å². The number of hydrogen-bond acceptors (Lipinski definition) is 6. The molecule has 3 aromatic rings. The second-order valence-electron chi connectivity index (χ2n) is 7.99. The number of hydrogen-bond donors (Lipinski definition) is 3. The number of aromatic nitrogens is 2. The van der Waals surface area contributed by atoms with Gasteiger partial charge in [0.15, 0.2) is 0 Å². The van der Waals surface area contributed by atoms with Crippen molar-refractivity contribution in [1.82, 2.24) is 15.3 Å². The average molecular weight is 425 g/mol. The van der Waals surface area contributed by atoms with Gasteiger partial charge in [0, 0.05) is 37.4 Å². The first-order valence-corrected chi connectivity index (χ1v) is 11.3. The fourth-order valence-corrected chi connectivity index (χ4v) is 4.49. The minimum Gasteiger partial charge on any atom is -0.362 e. The summed E-state index contributed by atoms with van der Waals surface area (Å²) in [4.78, 5) is 23.5. The normalized spacial score (nSPS) is 18.7. The highest BCUT2D eigenvalue weighted by molar-refractivity contribution is 7.08. The van der Waals surface area contributed by atoms with Crippen molar-refractivity contribution in [2.75, 3.05) is 36.2 Å². The van der Waals surface area contributed by atoms with Crippen LogP contribution in [0.1, 0.15) is 25.7 Å². The Balaban J connectivity index is 1.29. The van der Waals surface area contributed by atoms with Gasteiger partial charge in [0.1, 0.15) is 5.82 Å². The number of benzene rings is 1. The summed E-state index contributed by atoms with van der Waals surface area (Å²) in [7, 11) is 4.01. The van der Waals surface area contributed by atoms with Gasteiger partial charge >= 0.3 is 6.03 Å². The zero-order valence-electron chi connectivity index (χ0n) is 17.4. The molecule has 0 unspecified atom stereocenters. The molecule has 30 heavy (non-hydrogen) atoms. The standard InChI is InChI=1S/C22H28N6OS/c1-28(2)20-18-5-3-4-6-19(18)26-21(27-20)24-16-9-7-15(8-10-16)13-23-22(29)25-17-11-12-30-14-17/h3-6,11-12,14-16H,7-10,13H2,1-2H3,(H2,23,25,29)(H,24,26,27)/t15-,16+. The molecule has 1 aromatic carbocycles. The van der Waals surface area contributed by atoms with E-state index in [1.165, 1.54) is 0 Å². The molecule has 0 radical (unpaired) electrons. The molecule has 7 nitrogen and oxygen atoms in total. The van der Waals surface area contributed by atoms with E-state index >= 15 is 0 Å². The molecule has 158 valence electrons. The Morgan fingerprint density at radius 2 is 1.93 bits per heavy atom. The van der Waals surface area contributed by atoms with E-state index in [9.17, 15) is 4.79 Å². The number of para-hydroxylation sites is 1. The highest BCUT2D eigenvalue weighted by Gasteiger charge is 2.22. The van der Waals surface area contributed by atoms with Gasteiger partial charge in [0.2, 0.25) is 5.95 Å². The Labute approximate surface area is 180 Å². The van der Waals surface area contributed by atoms with Gasteiger partial charge < -0.3 is 20.9 Å². The summed E-state index contributed by atoms with van der Waals surface area (Å²) in [5.41, 5.74) is 1.80. The van der Waals surface area contributed by atoms with Crippen molar-refractivity contribution in [2.24, 2.45) is 5.92 Å². The largest absolute Gasteiger partial charge is 0.362 e. The van der Waals surface area contributed by atoms with Crippen molar-refractivity contribution < 1.29 is 4.79 Å². The molecule has 3 N–H and O–H groups in total. The van der Waals surface area contributed by atoms with Gasteiger partial charge in [0.25, 0.3) is 0 Å². The highest BCUT2D eigenvalue weighted by atomic mass is 32.1. The van der Waals surface area contributed by atoms with Crippen molar-refractivity contribution >= 4 is 45.7 Å². The molecule has 0 atom stereocenters. The van der Waals surface area contributed by atoms with Crippen LogP contribution < -0.4 is 20.9 Å². The first-order valence-electron chi connectivity index (χ1n) is 10.4. The Kier molecular flexibility index (Phi) is 6.32. The van der Waals surface area contributed by atoms with Crippen molar-refractivity contribution in [3.05, 3.63) is 41.1 Å². The first kappa shape index (κ1) is 20.4. The summed E-state index contributed by atoms with van der Waals surface area (Å²) in [6, 6.07) is 10.2. The van der Waals surface area contributed by atoms with Crippen LogP contribution in [-0.2, 0) is 0 Å². The SMILES string of the molecule is CN(C)c1nc(N[C@H]2CC[C@@H](CNC(=O)Nc3ccsc3)CC2)nc2ccccc12. The fraction of sp³-hybridized carbons (Fsp3) is 0.409. The lowest BCUT2D eigenvalue weighted by atomic mass is 9.86. The molecule has 2 heterocycles. The number of fused-ring (bicyclic) bond motifs is 1. The van der Waals surface area contributed by atoms with Crippen LogP contribution in [0.15, 0.2) is 41.1 Å². The lowest BCUT2D eigenvalue weighted by Gasteiger charge is -2.29. The topological polar surface area (TPSA) is 82.2 Å². The monoisotopic (exact) mass is 424 g/mol. The molecule has 1 aliphatic carbocycles. The second-order valence-corrected chi connectivity index (χ2v) is 8.77. The maximum atomic E-state index is 12.0. The summed E-state index contributed by atoms with van der Waals surface area (Å²) in [5, 5.41) is 14.3. The van der Waals surface area contributed by atoms with Crippen molar-refractivity contribution in [3.8, 4) is 0 Å². The third-order valence-electron chi connectivity index (χ3n) is 5.52. The number of carbonyl (C=O) groups excluding carboxylic acids is 1. The molecule has 8 heteroatoms. The summed E-state index contributed by atoms with van der Waals surface area (Å²) in [6.45, 7) is 0.708. The van der Waals surface area contributed by atoms with Gasteiger partial charge in [-0.15, -0.1) is 0 Å². The van der Waals surface area contributed by atoms with Gasteiger partial charge in [-0.25, -0.2) is 9.78 Å². The van der Waals surface area contributed by atoms with E-state index in [0.717, 1.165) is 48.1 Å². The smallest absolute Gasteiger partial charge is 0.319 e. The lowest BCUT2D eigenvalue weighted by molar-refractivity contribution is 0.246. The van der Waals surface area contributed by atoms with E-state index < -0.39 is 0 Å². The number of carbonyl (C=O) groups is 1. The zero-order chi connectivity index (χ0) is 20.9. The van der Waals surface area contributed by atoms with Crippen LogP contribution in [0.25, 0.3) is 10.9 Å². The molecule has 2 aromatic heterocycles. The van der Waals surface area contributed by atoms with E-state index in [2.05, 4.69) is 22.0 Å². The van der Waals surface area contributed by atoms with Crippen LogP contribution in [0.3, 0.4) is 0 Å². The van der Waals surface area contributed by atoms with E-state index in [-0.39, 0.29) is 6.03 Å². The summed E-state index contributed by atoms with van der Waals surface area (Å²) < 4.78 is 0. The number of nitrogens with one attached hydrogen (secondary N) is 3. The molecule has 0 spiro atoms. The number of urea groups is 1. The van der Waals surface area contributed by atoms with Crippen molar-refractivity contribution in [3.63, 3.8) is 0 Å². The summed E-state index contributed by atoms with van der Waals surface area (Å²) >= 11 is 1.57. The second kappa shape index (κ2) is 9.30. The predicted molar refractivity (Wildman–Crippen MR) is 125 cm³/mol. The van der Waals surface area contributed by atoms with E-state index in [0.29, 0.717) is 24.5 Å². The van der Waals surface area contributed by atoms with E-state index in [4.69, 9.17) is 9.97 Å². The Hall–Kier alpha value is -2.87. The van der Waals surface area contributed by atoms with Crippen LogP contribution in [0.2, 0.25) is 0 Å². The molecular weight excluding hydrogens is 396 g/mol. The Morgan fingerprint density at radius 3 is 2.67 bits per heavy atom. The molecule has 0 bridgehead atoms. The third kappa shape index (κ3) is 4.99. The van der Waals surface area contributed by atoms with Crippen LogP contribution in [0, 0.1) is 5.92 Å². The highest BCUT2D eigenvalue weighted by Crippen LogP contribution is 2.28. The first-order chi connectivity index (χ1) is 14.6. The van der Waals surface area contributed by atoms with E-state index in [1.54, 1.807) is 11.3 Å². The van der Waals surface area contributed by atoms with Gasteiger partial charge in [0.05, 0.1) is 11.2 Å². The third-order valence-corrected chi connectivity index (χ3v) is 6.20. The zero-order valence-corrected chi connectivity index (χ0v) is 18.2. The van der Waals surface area contributed by atoms with Gasteiger partial charge in [-0.1, -0.05) is 12.1 Å². The molecule has 4 rings (SSSR count).